The predicted octanol–water partition coefficient (Wildman–Crippen LogP) is 0.959. The molecule has 0 bridgehead atoms. The number of carbonyl (C=O) groups is 2. The van der Waals surface area contributed by atoms with Crippen LogP contribution in [0.25, 0.3) is 0 Å². The maximum absolute atomic E-state index is 12.0. The van der Waals surface area contributed by atoms with Gasteiger partial charge in [-0.05, 0) is 40.1 Å². The second kappa shape index (κ2) is 9.36. The fraction of sp³-hybridized carbons (Fsp3) is 0.333. The SMILES string of the molecule is O=C(NCc1ccc2c(c1)OCO2)C(=O)NC[C@@H](OCCO)c1ccsc1. The summed E-state index contributed by atoms with van der Waals surface area (Å²) in [5, 5.41) is 17.8. The molecule has 1 aliphatic heterocycles. The van der Waals surface area contributed by atoms with E-state index in [1.807, 2.05) is 16.8 Å². The molecule has 3 rings (SSSR count). The first-order valence-corrected chi connectivity index (χ1v) is 9.30. The number of hydrogen-bond donors (Lipinski definition) is 3. The number of aliphatic hydroxyl groups is 1. The Kier molecular flexibility index (Phi) is 6.64. The monoisotopic (exact) mass is 392 g/mol. The minimum Gasteiger partial charge on any atom is -0.454 e. The number of amides is 2. The number of aliphatic hydroxyl groups excluding tert-OH is 1. The van der Waals surface area contributed by atoms with Gasteiger partial charge in [0, 0.05) is 13.1 Å². The summed E-state index contributed by atoms with van der Waals surface area (Å²) < 4.78 is 16.0. The molecule has 2 heterocycles. The van der Waals surface area contributed by atoms with E-state index in [2.05, 4.69) is 10.6 Å². The van der Waals surface area contributed by atoms with Gasteiger partial charge >= 0.3 is 11.8 Å². The molecule has 0 fully saturated rings. The van der Waals surface area contributed by atoms with Gasteiger partial charge in [0.15, 0.2) is 11.5 Å². The van der Waals surface area contributed by atoms with Crippen LogP contribution in [0.5, 0.6) is 11.5 Å². The average Bonchev–Trinajstić information content (AvgIpc) is 3.37. The molecule has 1 aromatic carbocycles. The second-order valence-electron chi connectivity index (χ2n) is 5.72. The van der Waals surface area contributed by atoms with Crippen LogP contribution in [0.3, 0.4) is 0 Å². The van der Waals surface area contributed by atoms with Gasteiger partial charge in [-0.25, -0.2) is 0 Å². The van der Waals surface area contributed by atoms with Crippen molar-refractivity contribution in [3.8, 4) is 11.5 Å². The van der Waals surface area contributed by atoms with Gasteiger partial charge in [-0.15, -0.1) is 0 Å². The maximum Gasteiger partial charge on any atom is 0.309 e. The van der Waals surface area contributed by atoms with Crippen LogP contribution < -0.4 is 20.1 Å². The van der Waals surface area contributed by atoms with E-state index >= 15 is 0 Å². The van der Waals surface area contributed by atoms with Crippen LogP contribution in [-0.4, -0.2) is 43.5 Å². The summed E-state index contributed by atoms with van der Waals surface area (Å²) in [4.78, 5) is 24.0. The summed E-state index contributed by atoms with van der Waals surface area (Å²) in [6, 6.07) is 7.18. The summed E-state index contributed by atoms with van der Waals surface area (Å²) in [6.07, 6.45) is -0.422. The van der Waals surface area contributed by atoms with Gasteiger partial charge < -0.3 is 30.0 Å². The molecule has 2 amide bonds. The van der Waals surface area contributed by atoms with Gasteiger partial charge in [0.05, 0.1) is 13.2 Å². The lowest BCUT2D eigenvalue weighted by atomic mass is 10.2. The van der Waals surface area contributed by atoms with Gasteiger partial charge in [0.1, 0.15) is 6.10 Å². The third-order valence-corrected chi connectivity index (χ3v) is 4.57. The number of ether oxygens (including phenoxy) is 3. The third kappa shape index (κ3) is 5.19. The van der Waals surface area contributed by atoms with Gasteiger partial charge in [-0.1, -0.05) is 6.07 Å². The summed E-state index contributed by atoms with van der Waals surface area (Å²) in [6.45, 7) is 0.527. The molecule has 1 aliphatic rings. The lowest BCUT2D eigenvalue weighted by molar-refractivity contribution is -0.139. The van der Waals surface area contributed by atoms with Gasteiger partial charge in [0.2, 0.25) is 6.79 Å². The minimum atomic E-state index is -0.747. The largest absolute Gasteiger partial charge is 0.454 e. The van der Waals surface area contributed by atoms with Crippen LogP contribution in [-0.2, 0) is 20.9 Å². The number of fused-ring (bicyclic) bond motifs is 1. The zero-order chi connectivity index (χ0) is 19.1. The van der Waals surface area contributed by atoms with Gasteiger partial charge in [-0.2, -0.15) is 11.3 Å². The molecule has 144 valence electrons. The Hall–Kier alpha value is -2.62. The number of rotatable bonds is 8. The molecule has 1 atom stereocenters. The molecular formula is C18H20N2O6S. The number of thiophene rings is 1. The number of benzene rings is 1. The topological polar surface area (TPSA) is 106 Å². The molecule has 0 spiro atoms. The highest BCUT2D eigenvalue weighted by atomic mass is 32.1. The summed E-state index contributed by atoms with van der Waals surface area (Å²) >= 11 is 1.50. The molecule has 0 saturated heterocycles. The Morgan fingerprint density at radius 1 is 1.19 bits per heavy atom. The first-order valence-electron chi connectivity index (χ1n) is 8.36. The average molecular weight is 392 g/mol. The Labute approximate surface area is 160 Å². The highest BCUT2D eigenvalue weighted by molar-refractivity contribution is 7.07. The molecule has 8 nitrogen and oxygen atoms in total. The number of nitrogens with one attached hydrogen (secondary N) is 2. The van der Waals surface area contributed by atoms with Crippen LogP contribution in [0.1, 0.15) is 17.2 Å². The smallest absolute Gasteiger partial charge is 0.309 e. The molecule has 1 aromatic heterocycles. The van der Waals surface area contributed by atoms with Crippen LogP contribution >= 0.6 is 11.3 Å². The van der Waals surface area contributed by atoms with E-state index in [0.717, 1.165) is 11.1 Å². The van der Waals surface area contributed by atoms with Crippen molar-refractivity contribution in [1.82, 2.24) is 10.6 Å². The molecule has 27 heavy (non-hydrogen) atoms. The van der Waals surface area contributed by atoms with Crippen molar-refractivity contribution in [3.05, 3.63) is 46.2 Å². The molecule has 0 aliphatic carbocycles. The van der Waals surface area contributed by atoms with E-state index < -0.39 is 17.9 Å². The van der Waals surface area contributed by atoms with E-state index in [4.69, 9.17) is 19.3 Å². The molecule has 3 N–H and O–H groups in total. The second-order valence-corrected chi connectivity index (χ2v) is 6.50. The molecular weight excluding hydrogens is 372 g/mol. The summed E-state index contributed by atoms with van der Waals surface area (Å²) in [5.41, 5.74) is 1.68. The quantitative estimate of drug-likeness (QED) is 0.578. The van der Waals surface area contributed by atoms with Crippen molar-refractivity contribution < 1.29 is 28.9 Å². The predicted molar refractivity (Wildman–Crippen MR) is 97.5 cm³/mol. The van der Waals surface area contributed by atoms with E-state index in [1.54, 1.807) is 18.2 Å². The summed E-state index contributed by atoms with van der Waals surface area (Å²) in [7, 11) is 0. The van der Waals surface area contributed by atoms with Crippen LogP contribution in [0.15, 0.2) is 35.0 Å². The number of hydrogen-bond acceptors (Lipinski definition) is 7. The van der Waals surface area contributed by atoms with E-state index in [0.29, 0.717) is 11.5 Å². The lowest BCUT2D eigenvalue weighted by Crippen LogP contribution is -2.41. The van der Waals surface area contributed by atoms with Crippen LogP contribution in [0.4, 0.5) is 0 Å². The molecule has 2 aromatic rings. The lowest BCUT2D eigenvalue weighted by Gasteiger charge is -2.17. The molecule has 0 unspecified atom stereocenters. The van der Waals surface area contributed by atoms with Crippen molar-refractivity contribution >= 4 is 23.2 Å². The van der Waals surface area contributed by atoms with Gasteiger partial charge in [0.25, 0.3) is 0 Å². The fourth-order valence-electron chi connectivity index (χ4n) is 2.51. The standard InChI is InChI=1S/C18H20N2O6S/c21-4-5-24-16(13-3-6-27-10-13)9-20-18(23)17(22)19-8-12-1-2-14-15(7-12)26-11-25-14/h1-3,6-7,10,16,21H,4-5,8-9,11H2,(H,19,22)(H,20,23)/t16-/m1/s1. The normalized spacial score (nSPS) is 13.2. The third-order valence-electron chi connectivity index (χ3n) is 3.87. The first kappa shape index (κ1) is 19.2. The maximum atomic E-state index is 12.0. The van der Waals surface area contributed by atoms with Crippen molar-refractivity contribution in [1.29, 1.82) is 0 Å². The Balaban J connectivity index is 1.47. The van der Waals surface area contributed by atoms with E-state index in [-0.39, 0.29) is 33.1 Å². The van der Waals surface area contributed by atoms with Crippen molar-refractivity contribution in [2.75, 3.05) is 26.6 Å². The zero-order valence-corrected chi connectivity index (χ0v) is 15.3. The van der Waals surface area contributed by atoms with Crippen molar-refractivity contribution in [3.63, 3.8) is 0 Å². The van der Waals surface area contributed by atoms with Crippen molar-refractivity contribution in [2.45, 2.75) is 12.6 Å². The van der Waals surface area contributed by atoms with E-state index in [1.165, 1.54) is 11.3 Å². The molecule has 0 saturated carbocycles. The highest BCUT2D eigenvalue weighted by Crippen LogP contribution is 2.32. The summed E-state index contributed by atoms with van der Waals surface area (Å²) in [5.74, 6) is -0.210. The number of carbonyl (C=O) groups excluding carboxylic acids is 2. The molecule has 9 heteroatoms. The van der Waals surface area contributed by atoms with Gasteiger partial charge in [-0.3, -0.25) is 9.59 Å². The Morgan fingerprint density at radius 2 is 2.00 bits per heavy atom. The zero-order valence-electron chi connectivity index (χ0n) is 14.5. The van der Waals surface area contributed by atoms with Crippen LogP contribution in [0.2, 0.25) is 0 Å². The first-order chi connectivity index (χ1) is 13.2. The molecule has 0 radical (unpaired) electrons. The Morgan fingerprint density at radius 3 is 2.78 bits per heavy atom. The van der Waals surface area contributed by atoms with Crippen molar-refractivity contribution in [2.24, 2.45) is 0 Å². The highest BCUT2D eigenvalue weighted by Gasteiger charge is 2.19. The fourth-order valence-corrected chi connectivity index (χ4v) is 3.21. The Bertz CT molecular complexity index is 780. The minimum absolute atomic E-state index is 0.120. The van der Waals surface area contributed by atoms with E-state index in [9.17, 15) is 9.59 Å². The van der Waals surface area contributed by atoms with Crippen LogP contribution in [0, 0.1) is 0 Å².